The van der Waals surface area contributed by atoms with Crippen LogP contribution in [0.4, 0.5) is 10.1 Å². The van der Waals surface area contributed by atoms with E-state index in [2.05, 4.69) is 10.4 Å². The van der Waals surface area contributed by atoms with Gasteiger partial charge < -0.3 is 10.2 Å². The second-order valence-corrected chi connectivity index (χ2v) is 8.62. The lowest BCUT2D eigenvalue weighted by atomic mass is 10.1. The molecule has 2 aromatic carbocycles. The third kappa shape index (κ3) is 4.34. The van der Waals surface area contributed by atoms with Crippen molar-refractivity contribution in [3.63, 3.8) is 0 Å². The monoisotopic (exact) mass is 438 g/mol. The minimum atomic E-state index is -0.413. The maximum Gasteiger partial charge on any atom is 0.259 e. The number of aromatic nitrogens is 2. The van der Waals surface area contributed by atoms with Gasteiger partial charge in [-0.1, -0.05) is 12.1 Å². The van der Waals surface area contributed by atoms with Gasteiger partial charge in [0.25, 0.3) is 11.8 Å². The standard InChI is InChI=1S/C23H23FN4O2S/c1-15-13-17(23(30)27-9-11-31-12-10-27)7-8-20(15)26-22(29)18-14-25-28(16(18)2)21-6-4-3-5-19(21)24/h3-8,13-14H,9-12H2,1-2H3,(H,26,29). The second kappa shape index (κ2) is 8.93. The van der Waals surface area contributed by atoms with Crippen LogP contribution in [0.3, 0.4) is 0 Å². The quantitative estimate of drug-likeness (QED) is 0.667. The fraction of sp³-hybridized carbons (Fsp3) is 0.261. The molecule has 1 aliphatic heterocycles. The number of nitrogens with one attached hydrogen (secondary N) is 1. The molecule has 0 bridgehead atoms. The van der Waals surface area contributed by atoms with Crippen LogP contribution in [0.1, 0.15) is 32.0 Å². The van der Waals surface area contributed by atoms with Gasteiger partial charge in [0.1, 0.15) is 11.5 Å². The highest BCUT2D eigenvalue weighted by Gasteiger charge is 2.20. The lowest BCUT2D eigenvalue weighted by molar-refractivity contribution is 0.0772. The Morgan fingerprint density at radius 2 is 1.84 bits per heavy atom. The van der Waals surface area contributed by atoms with Crippen molar-refractivity contribution in [2.24, 2.45) is 0 Å². The molecule has 2 amide bonds. The van der Waals surface area contributed by atoms with Crippen LogP contribution in [0.25, 0.3) is 5.69 Å². The Hall–Kier alpha value is -3.13. The second-order valence-electron chi connectivity index (χ2n) is 7.40. The zero-order valence-corrected chi connectivity index (χ0v) is 18.2. The highest BCUT2D eigenvalue weighted by Crippen LogP contribution is 2.22. The van der Waals surface area contributed by atoms with Crippen LogP contribution in [-0.4, -0.2) is 51.1 Å². The summed E-state index contributed by atoms with van der Waals surface area (Å²) in [5.74, 6) is 1.18. The summed E-state index contributed by atoms with van der Waals surface area (Å²) in [6.07, 6.45) is 1.43. The van der Waals surface area contributed by atoms with Gasteiger partial charge in [-0.15, -0.1) is 0 Å². The summed E-state index contributed by atoms with van der Waals surface area (Å²) >= 11 is 1.85. The van der Waals surface area contributed by atoms with Crippen molar-refractivity contribution in [2.45, 2.75) is 13.8 Å². The number of carbonyl (C=O) groups is 2. The van der Waals surface area contributed by atoms with Gasteiger partial charge in [0, 0.05) is 35.8 Å². The number of rotatable bonds is 4. The van der Waals surface area contributed by atoms with Gasteiger partial charge in [-0.3, -0.25) is 9.59 Å². The molecular weight excluding hydrogens is 415 g/mol. The van der Waals surface area contributed by atoms with E-state index in [4.69, 9.17) is 0 Å². The first-order valence-electron chi connectivity index (χ1n) is 10.0. The van der Waals surface area contributed by atoms with Crippen LogP contribution >= 0.6 is 11.8 Å². The normalized spacial score (nSPS) is 13.8. The highest BCUT2D eigenvalue weighted by molar-refractivity contribution is 7.99. The van der Waals surface area contributed by atoms with Gasteiger partial charge in [0.15, 0.2) is 0 Å². The number of para-hydroxylation sites is 1. The van der Waals surface area contributed by atoms with Crippen LogP contribution in [0.15, 0.2) is 48.7 Å². The Kier molecular flexibility index (Phi) is 6.08. The van der Waals surface area contributed by atoms with Crippen LogP contribution in [0.2, 0.25) is 0 Å². The highest BCUT2D eigenvalue weighted by atomic mass is 32.2. The molecule has 4 rings (SSSR count). The van der Waals surface area contributed by atoms with Crippen molar-refractivity contribution in [3.8, 4) is 5.69 Å². The number of nitrogens with zero attached hydrogens (tertiary/aromatic N) is 3. The summed E-state index contributed by atoms with van der Waals surface area (Å²) < 4.78 is 15.5. The number of benzene rings is 2. The molecule has 2 heterocycles. The van der Waals surface area contributed by atoms with Gasteiger partial charge in [0.05, 0.1) is 17.5 Å². The zero-order valence-electron chi connectivity index (χ0n) is 17.4. The Labute approximate surface area is 184 Å². The topological polar surface area (TPSA) is 67.2 Å². The van der Waals surface area contributed by atoms with Crippen molar-refractivity contribution < 1.29 is 14.0 Å². The molecule has 160 valence electrons. The van der Waals surface area contributed by atoms with Crippen LogP contribution < -0.4 is 5.32 Å². The molecule has 6 nitrogen and oxygen atoms in total. The molecule has 31 heavy (non-hydrogen) atoms. The van der Waals surface area contributed by atoms with E-state index in [0.717, 1.165) is 30.2 Å². The number of halogens is 1. The van der Waals surface area contributed by atoms with Gasteiger partial charge in [-0.2, -0.15) is 16.9 Å². The van der Waals surface area contributed by atoms with Crippen LogP contribution in [0.5, 0.6) is 0 Å². The number of aryl methyl sites for hydroxylation is 1. The first kappa shape index (κ1) is 21.1. The number of amides is 2. The van der Waals surface area contributed by atoms with Gasteiger partial charge in [0.2, 0.25) is 0 Å². The number of anilines is 1. The third-order valence-electron chi connectivity index (χ3n) is 5.35. The summed E-state index contributed by atoms with van der Waals surface area (Å²) in [5, 5.41) is 7.06. The summed E-state index contributed by atoms with van der Waals surface area (Å²) in [4.78, 5) is 27.4. The minimum absolute atomic E-state index is 0.0169. The SMILES string of the molecule is Cc1cc(C(=O)N2CCSCC2)ccc1NC(=O)c1cnn(-c2ccccc2F)c1C. The van der Waals surface area contributed by atoms with E-state index in [1.807, 2.05) is 23.6 Å². The molecule has 0 aliphatic carbocycles. The number of thioether (sulfide) groups is 1. The third-order valence-corrected chi connectivity index (χ3v) is 6.30. The minimum Gasteiger partial charge on any atom is -0.337 e. The molecular formula is C23H23FN4O2S. The van der Waals surface area contributed by atoms with E-state index in [0.29, 0.717) is 22.5 Å². The smallest absolute Gasteiger partial charge is 0.259 e. The Morgan fingerprint density at radius 3 is 2.55 bits per heavy atom. The number of hydrogen-bond donors (Lipinski definition) is 1. The first-order valence-corrected chi connectivity index (χ1v) is 11.2. The molecule has 0 unspecified atom stereocenters. The Morgan fingerprint density at radius 1 is 1.10 bits per heavy atom. The Balaban J connectivity index is 1.51. The Bertz CT molecular complexity index is 1140. The van der Waals surface area contributed by atoms with E-state index >= 15 is 0 Å². The maximum absolute atomic E-state index is 14.1. The lowest BCUT2D eigenvalue weighted by Crippen LogP contribution is -2.37. The van der Waals surface area contributed by atoms with E-state index in [1.54, 1.807) is 43.3 Å². The molecule has 3 aromatic rings. The molecule has 0 atom stereocenters. The van der Waals surface area contributed by atoms with Crippen molar-refractivity contribution in [3.05, 3.63) is 76.9 Å². The molecule has 1 saturated heterocycles. The summed E-state index contributed by atoms with van der Waals surface area (Å²) in [6, 6.07) is 11.6. The molecule has 1 aliphatic rings. The molecule has 0 spiro atoms. The first-order chi connectivity index (χ1) is 15.0. The fourth-order valence-electron chi connectivity index (χ4n) is 3.57. The fourth-order valence-corrected chi connectivity index (χ4v) is 4.48. The van der Waals surface area contributed by atoms with Crippen molar-refractivity contribution >= 4 is 29.3 Å². The average Bonchev–Trinajstić information content (AvgIpc) is 3.16. The van der Waals surface area contributed by atoms with E-state index in [9.17, 15) is 14.0 Å². The zero-order chi connectivity index (χ0) is 22.0. The molecule has 0 radical (unpaired) electrons. The summed E-state index contributed by atoms with van der Waals surface area (Å²) in [7, 11) is 0. The molecule has 0 saturated carbocycles. The van der Waals surface area contributed by atoms with E-state index in [-0.39, 0.29) is 17.5 Å². The number of carbonyl (C=O) groups excluding carboxylic acids is 2. The van der Waals surface area contributed by atoms with Crippen molar-refractivity contribution in [2.75, 3.05) is 29.9 Å². The van der Waals surface area contributed by atoms with Crippen molar-refractivity contribution in [1.29, 1.82) is 0 Å². The number of hydrogen-bond acceptors (Lipinski definition) is 4. The largest absolute Gasteiger partial charge is 0.337 e. The summed E-state index contributed by atoms with van der Waals surface area (Å²) in [5.41, 5.74) is 3.21. The summed E-state index contributed by atoms with van der Waals surface area (Å²) in [6.45, 7) is 5.09. The molecule has 8 heteroatoms. The maximum atomic E-state index is 14.1. The predicted molar refractivity (Wildman–Crippen MR) is 121 cm³/mol. The van der Waals surface area contributed by atoms with Gasteiger partial charge in [-0.05, 0) is 49.7 Å². The van der Waals surface area contributed by atoms with Crippen LogP contribution in [-0.2, 0) is 0 Å². The van der Waals surface area contributed by atoms with Gasteiger partial charge in [-0.25, -0.2) is 9.07 Å². The van der Waals surface area contributed by atoms with Crippen molar-refractivity contribution in [1.82, 2.24) is 14.7 Å². The van der Waals surface area contributed by atoms with Crippen LogP contribution in [0, 0.1) is 19.7 Å². The molecule has 1 fully saturated rings. The lowest BCUT2D eigenvalue weighted by Gasteiger charge is -2.26. The molecule has 1 N–H and O–H groups in total. The molecule has 1 aromatic heterocycles. The van der Waals surface area contributed by atoms with Gasteiger partial charge >= 0.3 is 0 Å². The van der Waals surface area contributed by atoms with E-state index in [1.165, 1.54) is 16.9 Å². The average molecular weight is 439 g/mol. The van der Waals surface area contributed by atoms with E-state index < -0.39 is 5.82 Å². The predicted octanol–water partition coefficient (Wildman–Crippen LogP) is 4.07.